The number of nitrogen functional groups attached to an aromatic ring is 1. The molecule has 0 aliphatic heterocycles. The highest BCUT2D eigenvalue weighted by atomic mass is 32.1. The summed E-state index contributed by atoms with van der Waals surface area (Å²) in [5, 5.41) is 3.09. The molecular formula is C27H31FN6O3S. The standard InChI is InChI=1S/C27H31FN6O3S/c1-33(2)18-14-12-16(13-15-18)23(26(36)31-17-8-4-3-5-9-17)34(20-11-7-6-10-19(20)28)27(37)24-21(29)22(25(30)35)32-38-24/h6-7,10-15,17,23H,3-5,8-9,29H2,1-2H3,(H2,30,35)(H,31,36). The summed E-state index contributed by atoms with van der Waals surface area (Å²) < 4.78 is 19.2. The van der Waals surface area contributed by atoms with Crippen LogP contribution in [0.3, 0.4) is 0 Å². The first-order valence-electron chi connectivity index (χ1n) is 12.4. The van der Waals surface area contributed by atoms with Crippen molar-refractivity contribution in [2.24, 2.45) is 5.73 Å². The van der Waals surface area contributed by atoms with E-state index in [1.54, 1.807) is 18.2 Å². The monoisotopic (exact) mass is 538 g/mol. The molecule has 1 fully saturated rings. The number of hydrogen-bond donors (Lipinski definition) is 3. The van der Waals surface area contributed by atoms with Crippen molar-refractivity contribution in [1.82, 2.24) is 9.69 Å². The van der Waals surface area contributed by atoms with Crippen molar-refractivity contribution in [1.29, 1.82) is 0 Å². The van der Waals surface area contributed by atoms with Crippen molar-refractivity contribution in [3.63, 3.8) is 0 Å². The lowest BCUT2D eigenvalue weighted by molar-refractivity contribution is -0.123. The summed E-state index contributed by atoms with van der Waals surface area (Å²) in [5.41, 5.74) is 12.2. The zero-order chi connectivity index (χ0) is 27.4. The Hall–Kier alpha value is -3.99. The van der Waals surface area contributed by atoms with Gasteiger partial charge >= 0.3 is 0 Å². The van der Waals surface area contributed by atoms with Crippen LogP contribution in [0, 0.1) is 5.82 Å². The van der Waals surface area contributed by atoms with E-state index in [-0.39, 0.29) is 28.0 Å². The highest BCUT2D eigenvalue weighted by Gasteiger charge is 2.38. The molecule has 5 N–H and O–H groups in total. The number of anilines is 3. The Balaban J connectivity index is 1.86. The number of nitrogens with two attached hydrogens (primary N) is 2. The quantitative estimate of drug-likeness (QED) is 0.399. The molecule has 0 bridgehead atoms. The van der Waals surface area contributed by atoms with Crippen molar-refractivity contribution < 1.29 is 18.8 Å². The van der Waals surface area contributed by atoms with Crippen LogP contribution in [0.5, 0.6) is 0 Å². The van der Waals surface area contributed by atoms with Crippen LogP contribution in [0.15, 0.2) is 48.5 Å². The lowest BCUT2D eigenvalue weighted by Crippen LogP contribution is -2.47. The lowest BCUT2D eigenvalue weighted by atomic mass is 9.94. The molecule has 38 heavy (non-hydrogen) atoms. The van der Waals surface area contributed by atoms with Crippen LogP contribution in [-0.4, -0.2) is 42.2 Å². The fraction of sp³-hybridized carbons (Fsp3) is 0.333. The number of benzene rings is 2. The molecule has 0 radical (unpaired) electrons. The summed E-state index contributed by atoms with van der Waals surface area (Å²) in [4.78, 5) is 42.6. The van der Waals surface area contributed by atoms with Crippen LogP contribution in [0.1, 0.15) is 63.9 Å². The molecular weight excluding hydrogens is 507 g/mol. The summed E-state index contributed by atoms with van der Waals surface area (Å²) >= 11 is 0.680. The first kappa shape index (κ1) is 27.1. The number of primary amides is 1. The maximum Gasteiger partial charge on any atom is 0.273 e. The number of aromatic nitrogens is 1. The van der Waals surface area contributed by atoms with Crippen LogP contribution >= 0.6 is 11.5 Å². The summed E-state index contributed by atoms with van der Waals surface area (Å²) in [5.74, 6) is -2.79. The van der Waals surface area contributed by atoms with Gasteiger partial charge in [-0.25, -0.2) is 4.39 Å². The number of hydrogen-bond acceptors (Lipinski definition) is 7. The van der Waals surface area contributed by atoms with Crippen molar-refractivity contribution >= 4 is 46.3 Å². The number of halogens is 1. The molecule has 0 saturated heterocycles. The normalized spacial score (nSPS) is 14.5. The molecule has 1 atom stereocenters. The fourth-order valence-corrected chi connectivity index (χ4v) is 5.39. The molecule has 1 aliphatic carbocycles. The number of carbonyl (C=O) groups is 3. The number of rotatable bonds is 8. The molecule has 200 valence electrons. The summed E-state index contributed by atoms with van der Waals surface area (Å²) in [6.07, 6.45) is 4.76. The number of carbonyl (C=O) groups excluding carboxylic acids is 3. The molecule has 4 rings (SSSR count). The molecule has 2 aromatic carbocycles. The van der Waals surface area contributed by atoms with E-state index in [9.17, 15) is 14.4 Å². The van der Waals surface area contributed by atoms with E-state index in [4.69, 9.17) is 11.5 Å². The predicted molar refractivity (Wildman–Crippen MR) is 147 cm³/mol. The van der Waals surface area contributed by atoms with Gasteiger partial charge in [-0.3, -0.25) is 19.3 Å². The van der Waals surface area contributed by atoms with Crippen LogP contribution < -0.4 is 26.6 Å². The van der Waals surface area contributed by atoms with Gasteiger partial charge in [-0.2, -0.15) is 4.37 Å². The SMILES string of the molecule is CN(C)c1ccc(C(C(=O)NC2CCCCC2)N(C(=O)c2snc(C(N)=O)c2N)c2ccccc2F)cc1. The molecule has 1 aromatic heterocycles. The van der Waals surface area contributed by atoms with Crippen LogP contribution in [0.2, 0.25) is 0 Å². The molecule has 3 aromatic rings. The van der Waals surface area contributed by atoms with Gasteiger partial charge in [-0.15, -0.1) is 0 Å². The van der Waals surface area contributed by atoms with E-state index < -0.39 is 29.6 Å². The van der Waals surface area contributed by atoms with Gasteiger partial charge in [0.25, 0.3) is 11.8 Å². The molecule has 9 nitrogen and oxygen atoms in total. The highest BCUT2D eigenvalue weighted by Crippen LogP contribution is 2.35. The van der Waals surface area contributed by atoms with Gasteiger partial charge < -0.3 is 21.7 Å². The van der Waals surface area contributed by atoms with E-state index in [1.165, 1.54) is 18.2 Å². The van der Waals surface area contributed by atoms with Gasteiger partial charge in [-0.1, -0.05) is 43.5 Å². The zero-order valence-corrected chi connectivity index (χ0v) is 22.1. The molecule has 1 unspecified atom stereocenters. The molecule has 1 saturated carbocycles. The largest absolute Gasteiger partial charge is 0.395 e. The van der Waals surface area contributed by atoms with Crippen molar-refractivity contribution in [2.45, 2.75) is 44.2 Å². The van der Waals surface area contributed by atoms with Gasteiger partial charge in [0.05, 0.1) is 11.4 Å². The Morgan fingerprint density at radius 2 is 1.71 bits per heavy atom. The Morgan fingerprint density at radius 1 is 1.05 bits per heavy atom. The molecule has 0 spiro atoms. The van der Waals surface area contributed by atoms with E-state index in [0.29, 0.717) is 17.1 Å². The third-order valence-electron chi connectivity index (χ3n) is 6.67. The second-order valence-corrected chi connectivity index (χ2v) is 10.3. The first-order valence-corrected chi connectivity index (χ1v) is 13.2. The number of amides is 3. The Bertz CT molecular complexity index is 1320. The number of nitrogens with one attached hydrogen (secondary N) is 1. The van der Waals surface area contributed by atoms with Gasteiger partial charge in [0.2, 0.25) is 5.91 Å². The van der Waals surface area contributed by atoms with E-state index in [0.717, 1.165) is 42.7 Å². The van der Waals surface area contributed by atoms with Crippen LogP contribution in [0.25, 0.3) is 0 Å². The summed E-state index contributed by atoms with van der Waals surface area (Å²) in [7, 11) is 3.78. The second-order valence-electron chi connectivity index (χ2n) is 9.50. The Kier molecular flexibility index (Phi) is 8.26. The average Bonchev–Trinajstić information content (AvgIpc) is 3.29. The Morgan fingerprint density at radius 3 is 2.29 bits per heavy atom. The maximum atomic E-state index is 15.3. The minimum absolute atomic E-state index is 0.0488. The molecule has 1 heterocycles. The van der Waals surface area contributed by atoms with Crippen molar-refractivity contribution in [3.05, 3.63) is 70.5 Å². The van der Waals surface area contributed by atoms with E-state index in [2.05, 4.69) is 9.69 Å². The number of nitrogens with zero attached hydrogens (tertiary/aromatic N) is 3. The maximum absolute atomic E-state index is 15.3. The topological polar surface area (TPSA) is 135 Å². The predicted octanol–water partition coefficient (Wildman–Crippen LogP) is 3.87. The third-order valence-corrected chi connectivity index (χ3v) is 7.52. The zero-order valence-electron chi connectivity index (χ0n) is 21.3. The summed E-state index contributed by atoms with van der Waals surface area (Å²) in [6.45, 7) is 0. The molecule has 1 aliphatic rings. The molecule has 3 amide bonds. The van der Waals surface area contributed by atoms with Crippen LogP contribution in [0.4, 0.5) is 21.5 Å². The van der Waals surface area contributed by atoms with Crippen molar-refractivity contribution in [3.8, 4) is 0 Å². The van der Waals surface area contributed by atoms with E-state index in [1.807, 2.05) is 31.1 Å². The molecule has 11 heteroatoms. The fourth-order valence-electron chi connectivity index (χ4n) is 4.65. The lowest BCUT2D eigenvalue weighted by Gasteiger charge is -2.33. The van der Waals surface area contributed by atoms with Crippen LogP contribution in [-0.2, 0) is 4.79 Å². The summed E-state index contributed by atoms with van der Waals surface area (Å²) in [6, 6.07) is 11.6. The van der Waals surface area contributed by atoms with Gasteiger partial charge in [0.1, 0.15) is 16.7 Å². The smallest absolute Gasteiger partial charge is 0.273 e. The van der Waals surface area contributed by atoms with Gasteiger partial charge in [0, 0.05) is 25.8 Å². The van der Waals surface area contributed by atoms with E-state index >= 15 is 4.39 Å². The minimum Gasteiger partial charge on any atom is -0.395 e. The van der Waals surface area contributed by atoms with Gasteiger partial charge in [-0.05, 0) is 54.2 Å². The second kappa shape index (κ2) is 11.6. The first-order chi connectivity index (χ1) is 18.2. The minimum atomic E-state index is -1.23. The number of para-hydroxylation sites is 1. The Labute approximate surface area is 224 Å². The van der Waals surface area contributed by atoms with Crippen molar-refractivity contribution in [2.75, 3.05) is 29.6 Å². The average molecular weight is 539 g/mol. The highest BCUT2D eigenvalue weighted by molar-refractivity contribution is 7.09. The van der Waals surface area contributed by atoms with Gasteiger partial charge in [0.15, 0.2) is 5.69 Å². The third kappa shape index (κ3) is 5.62.